The normalized spacial score (nSPS) is 10.9. The van der Waals surface area contributed by atoms with Gasteiger partial charge in [-0.05, 0) is 12.0 Å². The lowest BCUT2D eigenvalue weighted by Crippen LogP contribution is -2.08. The van der Waals surface area contributed by atoms with E-state index in [1.807, 2.05) is 12.3 Å². The fourth-order valence-corrected chi connectivity index (χ4v) is 2.03. The molecule has 0 amide bonds. The van der Waals surface area contributed by atoms with E-state index in [4.69, 9.17) is 0 Å². The second kappa shape index (κ2) is 5.81. The third kappa shape index (κ3) is 3.19. The quantitative estimate of drug-likeness (QED) is 0.831. The zero-order valence-corrected chi connectivity index (χ0v) is 11.5. The van der Waals surface area contributed by atoms with Crippen molar-refractivity contribution in [2.24, 2.45) is 5.92 Å². The molecule has 2 aromatic heterocycles. The van der Waals surface area contributed by atoms with Gasteiger partial charge in [-0.3, -0.25) is 0 Å². The molecule has 0 radical (unpaired) electrons. The molecule has 2 aromatic rings. The number of nitrogens with one attached hydrogen (secondary N) is 1. The van der Waals surface area contributed by atoms with Crippen LogP contribution in [0.5, 0.6) is 0 Å². The van der Waals surface area contributed by atoms with Crippen molar-refractivity contribution in [3.8, 4) is 5.95 Å². The van der Waals surface area contributed by atoms with Crippen molar-refractivity contribution >= 4 is 17.7 Å². The van der Waals surface area contributed by atoms with Crippen molar-refractivity contribution in [2.75, 3.05) is 18.1 Å². The van der Waals surface area contributed by atoms with Crippen LogP contribution in [0.25, 0.3) is 5.95 Å². The minimum Gasteiger partial charge on any atom is -0.357 e. The van der Waals surface area contributed by atoms with Crippen LogP contribution in [-0.2, 0) is 0 Å². The zero-order chi connectivity index (χ0) is 13.0. The van der Waals surface area contributed by atoms with Crippen molar-refractivity contribution in [1.82, 2.24) is 24.7 Å². The summed E-state index contributed by atoms with van der Waals surface area (Å²) in [5.74, 6) is 2.66. The van der Waals surface area contributed by atoms with Crippen LogP contribution in [0.1, 0.15) is 13.8 Å². The number of rotatable bonds is 5. The van der Waals surface area contributed by atoms with Gasteiger partial charge < -0.3 is 5.32 Å². The molecule has 7 heteroatoms. The molecule has 6 nitrogen and oxygen atoms in total. The summed E-state index contributed by atoms with van der Waals surface area (Å²) in [6.45, 7) is 4.34. The van der Waals surface area contributed by atoms with E-state index in [-0.39, 0.29) is 0 Å². The zero-order valence-electron chi connectivity index (χ0n) is 10.7. The summed E-state index contributed by atoms with van der Waals surface area (Å²) in [4.78, 5) is 13.0. The summed E-state index contributed by atoms with van der Waals surface area (Å²) in [5.41, 5.74) is 0. The van der Waals surface area contributed by atoms with E-state index in [1.165, 1.54) is 0 Å². The standard InChI is InChI=1S/C11H16N6S/c1-8(2)7-18-11-15-9(12-3)14-10(16-11)17-6-4-5-13-17/h4-6,8H,7H2,1-3H3,(H,12,14,15,16). The van der Waals surface area contributed by atoms with Crippen molar-refractivity contribution in [3.63, 3.8) is 0 Å². The number of hydrogen-bond donors (Lipinski definition) is 1. The van der Waals surface area contributed by atoms with Gasteiger partial charge >= 0.3 is 0 Å². The average Bonchev–Trinajstić information content (AvgIpc) is 2.89. The first-order valence-corrected chi connectivity index (χ1v) is 6.74. The molecule has 18 heavy (non-hydrogen) atoms. The third-order valence-corrected chi connectivity index (χ3v) is 3.36. The number of aromatic nitrogens is 5. The van der Waals surface area contributed by atoms with Crippen LogP contribution in [-0.4, -0.2) is 37.5 Å². The van der Waals surface area contributed by atoms with Crippen LogP contribution >= 0.6 is 11.8 Å². The molecule has 96 valence electrons. The summed E-state index contributed by atoms with van der Waals surface area (Å²) >= 11 is 1.63. The minimum atomic E-state index is 0.533. The Balaban J connectivity index is 2.27. The second-order valence-corrected chi connectivity index (χ2v) is 5.13. The Morgan fingerprint density at radius 3 is 2.78 bits per heavy atom. The fraction of sp³-hybridized carbons (Fsp3) is 0.455. The molecule has 0 unspecified atom stereocenters. The van der Waals surface area contributed by atoms with Gasteiger partial charge in [0.1, 0.15) is 0 Å². The summed E-state index contributed by atoms with van der Waals surface area (Å²) in [6.07, 6.45) is 3.51. The molecule has 0 aliphatic carbocycles. The summed E-state index contributed by atoms with van der Waals surface area (Å²) in [7, 11) is 1.79. The van der Waals surface area contributed by atoms with E-state index in [0.29, 0.717) is 23.0 Å². The van der Waals surface area contributed by atoms with Gasteiger partial charge in [0.05, 0.1) is 0 Å². The highest BCUT2D eigenvalue weighted by Gasteiger charge is 2.08. The van der Waals surface area contributed by atoms with Gasteiger partial charge in [0.25, 0.3) is 5.95 Å². The molecule has 0 saturated heterocycles. The molecule has 0 saturated carbocycles. The van der Waals surface area contributed by atoms with Crippen molar-refractivity contribution in [1.29, 1.82) is 0 Å². The Morgan fingerprint density at radius 1 is 1.33 bits per heavy atom. The molecule has 0 fully saturated rings. The molecule has 1 N–H and O–H groups in total. The SMILES string of the molecule is CNc1nc(SCC(C)C)nc(-n2cccn2)n1. The number of thioether (sulfide) groups is 1. The molecule has 0 bridgehead atoms. The highest BCUT2D eigenvalue weighted by atomic mass is 32.2. The molecule has 0 aliphatic rings. The van der Waals surface area contributed by atoms with Crippen LogP contribution in [0.3, 0.4) is 0 Å². The van der Waals surface area contributed by atoms with Gasteiger partial charge in [-0.15, -0.1) is 0 Å². The number of hydrogen-bond acceptors (Lipinski definition) is 6. The molecule has 0 aliphatic heterocycles. The Morgan fingerprint density at radius 2 is 2.17 bits per heavy atom. The van der Waals surface area contributed by atoms with Crippen LogP contribution in [0.2, 0.25) is 0 Å². The smallest absolute Gasteiger partial charge is 0.256 e. The number of anilines is 1. The molecular weight excluding hydrogens is 248 g/mol. The van der Waals surface area contributed by atoms with Gasteiger partial charge in [-0.25, -0.2) is 4.68 Å². The summed E-state index contributed by atoms with van der Waals surface area (Å²) in [6, 6.07) is 1.84. The van der Waals surface area contributed by atoms with Crippen molar-refractivity contribution in [2.45, 2.75) is 19.0 Å². The lowest BCUT2D eigenvalue weighted by molar-refractivity contribution is 0.739. The van der Waals surface area contributed by atoms with E-state index < -0.39 is 0 Å². The largest absolute Gasteiger partial charge is 0.357 e. The Bertz CT molecular complexity index is 496. The topological polar surface area (TPSA) is 68.5 Å². The maximum absolute atomic E-state index is 4.40. The minimum absolute atomic E-state index is 0.533. The summed E-state index contributed by atoms with van der Waals surface area (Å²) in [5, 5.41) is 7.78. The molecular formula is C11H16N6S. The Labute approximate surface area is 110 Å². The molecule has 0 atom stereocenters. The van der Waals surface area contributed by atoms with Crippen molar-refractivity contribution < 1.29 is 0 Å². The molecule has 0 spiro atoms. The van der Waals surface area contributed by atoms with Gasteiger partial charge in [0.2, 0.25) is 5.95 Å². The third-order valence-electron chi connectivity index (χ3n) is 2.08. The Hall–Kier alpha value is -1.63. The average molecular weight is 264 g/mol. The Kier molecular flexibility index (Phi) is 4.14. The lowest BCUT2D eigenvalue weighted by Gasteiger charge is -2.07. The van der Waals surface area contributed by atoms with Gasteiger partial charge in [-0.1, -0.05) is 25.6 Å². The van der Waals surface area contributed by atoms with Gasteiger partial charge in [0, 0.05) is 25.2 Å². The van der Waals surface area contributed by atoms with Crippen LogP contribution in [0.4, 0.5) is 5.95 Å². The van der Waals surface area contributed by atoms with E-state index in [1.54, 1.807) is 29.7 Å². The van der Waals surface area contributed by atoms with Crippen LogP contribution < -0.4 is 5.32 Å². The number of nitrogens with zero attached hydrogens (tertiary/aromatic N) is 5. The van der Waals surface area contributed by atoms with Crippen molar-refractivity contribution in [3.05, 3.63) is 18.5 Å². The van der Waals surface area contributed by atoms with E-state index in [0.717, 1.165) is 5.75 Å². The maximum atomic E-state index is 4.40. The van der Waals surface area contributed by atoms with Crippen LogP contribution in [0, 0.1) is 5.92 Å². The predicted octanol–water partition coefficient (Wildman–Crippen LogP) is 1.85. The monoisotopic (exact) mass is 264 g/mol. The molecule has 2 rings (SSSR count). The van der Waals surface area contributed by atoms with E-state index in [2.05, 4.69) is 39.2 Å². The summed E-state index contributed by atoms with van der Waals surface area (Å²) < 4.78 is 1.63. The van der Waals surface area contributed by atoms with Crippen LogP contribution in [0.15, 0.2) is 23.6 Å². The second-order valence-electron chi connectivity index (χ2n) is 4.15. The fourth-order valence-electron chi connectivity index (χ4n) is 1.25. The highest BCUT2D eigenvalue weighted by Crippen LogP contribution is 2.18. The predicted molar refractivity (Wildman–Crippen MR) is 72.1 cm³/mol. The molecule has 0 aromatic carbocycles. The molecule has 2 heterocycles. The van der Waals surface area contributed by atoms with E-state index >= 15 is 0 Å². The van der Waals surface area contributed by atoms with Gasteiger partial charge in [0.15, 0.2) is 5.16 Å². The first-order chi connectivity index (χ1) is 8.69. The van der Waals surface area contributed by atoms with E-state index in [9.17, 15) is 0 Å². The first kappa shape index (κ1) is 12.8. The maximum Gasteiger partial charge on any atom is 0.256 e. The lowest BCUT2D eigenvalue weighted by atomic mass is 10.3. The first-order valence-electron chi connectivity index (χ1n) is 5.75. The highest BCUT2D eigenvalue weighted by molar-refractivity contribution is 7.99. The van der Waals surface area contributed by atoms with Gasteiger partial charge in [-0.2, -0.15) is 20.1 Å².